The molecular formula is C31H28F3N5O2. The molecule has 210 valence electrons. The fourth-order valence-electron chi connectivity index (χ4n) is 5.67. The van der Waals surface area contributed by atoms with Gasteiger partial charge >= 0.3 is 0 Å². The van der Waals surface area contributed by atoms with Gasteiger partial charge in [-0.1, -0.05) is 30.3 Å². The number of pyridine rings is 1. The Morgan fingerprint density at radius 1 is 1.05 bits per heavy atom. The lowest BCUT2D eigenvalue weighted by Crippen LogP contribution is -2.57. The molecule has 4 aromatic rings. The maximum atomic E-state index is 13.4. The summed E-state index contributed by atoms with van der Waals surface area (Å²) in [4.78, 5) is 34.2. The van der Waals surface area contributed by atoms with E-state index in [2.05, 4.69) is 25.9 Å². The normalized spacial score (nSPS) is 16.0. The maximum Gasteiger partial charge on any atom is 0.255 e. The zero-order valence-electron chi connectivity index (χ0n) is 22.0. The fraction of sp³-hybridized carbons (Fsp3) is 0.258. The fourth-order valence-corrected chi connectivity index (χ4v) is 5.67. The summed E-state index contributed by atoms with van der Waals surface area (Å²) in [6.45, 7) is 0. The first kappa shape index (κ1) is 26.6. The molecule has 1 aliphatic heterocycles. The molecule has 1 saturated carbocycles. The molecule has 0 saturated heterocycles. The van der Waals surface area contributed by atoms with E-state index in [1.54, 1.807) is 12.1 Å². The predicted molar refractivity (Wildman–Crippen MR) is 150 cm³/mol. The van der Waals surface area contributed by atoms with Crippen LogP contribution in [0.2, 0.25) is 0 Å². The highest BCUT2D eigenvalue weighted by Crippen LogP contribution is 2.44. The number of carbonyl (C=O) groups is 2. The molecule has 3 heterocycles. The number of aromatic amines is 1. The third-order valence-electron chi connectivity index (χ3n) is 7.85. The lowest BCUT2D eigenvalue weighted by molar-refractivity contribution is -0.118. The average Bonchev–Trinajstić information content (AvgIpc) is 3.30. The van der Waals surface area contributed by atoms with Gasteiger partial charge in [0.05, 0.1) is 22.9 Å². The third-order valence-corrected chi connectivity index (χ3v) is 7.85. The van der Waals surface area contributed by atoms with Gasteiger partial charge in [-0.15, -0.1) is 0 Å². The van der Waals surface area contributed by atoms with Gasteiger partial charge in [-0.2, -0.15) is 0 Å². The molecule has 2 aliphatic rings. The minimum Gasteiger partial charge on any atom is -0.356 e. The van der Waals surface area contributed by atoms with Crippen molar-refractivity contribution in [3.8, 4) is 11.3 Å². The number of rotatable bonds is 8. The average molecular weight is 560 g/mol. The van der Waals surface area contributed by atoms with Crippen molar-refractivity contribution >= 4 is 29.0 Å². The Morgan fingerprint density at radius 3 is 2.49 bits per heavy atom. The van der Waals surface area contributed by atoms with E-state index in [4.69, 9.17) is 0 Å². The van der Waals surface area contributed by atoms with Gasteiger partial charge in [-0.25, -0.2) is 18.2 Å². The lowest BCUT2D eigenvalue weighted by atomic mass is 9.71. The number of para-hydroxylation sites is 1. The van der Waals surface area contributed by atoms with Crippen LogP contribution >= 0.6 is 0 Å². The van der Waals surface area contributed by atoms with Crippen molar-refractivity contribution in [2.45, 2.75) is 50.0 Å². The number of amides is 2. The van der Waals surface area contributed by atoms with Crippen LogP contribution in [0.25, 0.3) is 11.3 Å². The van der Waals surface area contributed by atoms with Crippen LogP contribution in [0.15, 0.2) is 72.9 Å². The number of hydrogen-bond acceptors (Lipinski definition) is 4. The molecule has 6 rings (SSSR count). The molecule has 2 amide bonds. The molecule has 1 unspecified atom stereocenters. The number of halogens is 3. The quantitative estimate of drug-likeness (QED) is 0.197. The molecule has 1 spiro atoms. The molecule has 2 aromatic carbocycles. The van der Waals surface area contributed by atoms with E-state index in [0.717, 1.165) is 42.8 Å². The van der Waals surface area contributed by atoms with Crippen LogP contribution in [0.3, 0.4) is 0 Å². The second kappa shape index (κ2) is 10.8. The number of hydrogen-bond donors (Lipinski definition) is 4. The summed E-state index contributed by atoms with van der Waals surface area (Å²) in [5.74, 6) is -2.39. The monoisotopic (exact) mass is 559 g/mol. The Morgan fingerprint density at radius 2 is 1.80 bits per heavy atom. The van der Waals surface area contributed by atoms with Gasteiger partial charge in [-0.05, 0) is 61.2 Å². The minimum atomic E-state index is -2.74. The van der Waals surface area contributed by atoms with E-state index >= 15 is 0 Å². The van der Waals surface area contributed by atoms with Crippen LogP contribution in [0.4, 0.5) is 30.4 Å². The van der Waals surface area contributed by atoms with Crippen LogP contribution in [0.1, 0.15) is 53.2 Å². The number of carbonyl (C=O) groups excluding carboxylic acids is 2. The summed E-state index contributed by atoms with van der Waals surface area (Å²) in [7, 11) is 0. The Kier molecular flexibility index (Phi) is 6.98. The Hall–Kier alpha value is -4.60. The van der Waals surface area contributed by atoms with Crippen molar-refractivity contribution in [2.75, 3.05) is 10.6 Å². The Bertz CT molecular complexity index is 1580. The first-order chi connectivity index (χ1) is 19.8. The molecule has 41 heavy (non-hydrogen) atoms. The van der Waals surface area contributed by atoms with E-state index < -0.39 is 30.5 Å². The highest BCUT2D eigenvalue weighted by molar-refractivity contribution is 6.07. The number of nitrogens with zero attached hydrogens (tertiary/aromatic N) is 1. The summed E-state index contributed by atoms with van der Waals surface area (Å²) in [6, 6.07) is 17.8. The van der Waals surface area contributed by atoms with Crippen molar-refractivity contribution in [1.29, 1.82) is 0 Å². The number of H-pyrrole nitrogens is 1. The van der Waals surface area contributed by atoms with E-state index in [-0.39, 0.29) is 22.8 Å². The van der Waals surface area contributed by atoms with Gasteiger partial charge in [0.2, 0.25) is 12.3 Å². The molecule has 7 nitrogen and oxygen atoms in total. The van der Waals surface area contributed by atoms with E-state index in [1.807, 2.05) is 30.3 Å². The van der Waals surface area contributed by atoms with Gasteiger partial charge in [0.25, 0.3) is 5.91 Å². The van der Waals surface area contributed by atoms with Crippen molar-refractivity contribution in [3.05, 3.63) is 95.6 Å². The van der Waals surface area contributed by atoms with Crippen molar-refractivity contribution < 1.29 is 22.8 Å². The number of fused-ring (bicyclic) bond motifs is 1. The van der Waals surface area contributed by atoms with Gasteiger partial charge in [0, 0.05) is 41.5 Å². The van der Waals surface area contributed by atoms with Gasteiger partial charge < -0.3 is 20.9 Å². The SMILES string of the molecule is O=C1NC2(CCC2)Cc2[nH]c(-c3ccnc(NC(=O)C(CC(F)F)c4ccc(F)cc4)c3)c(Nc3ccccc3)c21. The first-order valence-electron chi connectivity index (χ1n) is 13.5. The number of alkyl halides is 2. The second-order valence-corrected chi connectivity index (χ2v) is 10.6. The largest absolute Gasteiger partial charge is 0.356 e. The van der Waals surface area contributed by atoms with Crippen LogP contribution < -0.4 is 16.0 Å². The Labute approximate surface area is 234 Å². The van der Waals surface area contributed by atoms with Crippen LogP contribution in [-0.2, 0) is 11.2 Å². The number of nitrogens with one attached hydrogen (secondary N) is 4. The molecule has 1 fully saturated rings. The number of benzene rings is 2. The van der Waals surface area contributed by atoms with Crippen LogP contribution in [-0.4, -0.2) is 33.7 Å². The molecule has 10 heteroatoms. The van der Waals surface area contributed by atoms with Crippen LogP contribution in [0.5, 0.6) is 0 Å². The van der Waals surface area contributed by atoms with E-state index in [1.165, 1.54) is 18.3 Å². The van der Waals surface area contributed by atoms with Crippen molar-refractivity contribution in [3.63, 3.8) is 0 Å². The van der Waals surface area contributed by atoms with Gasteiger partial charge in [0.1, 0.15) is 11.6 Å². The maximum absolute atomic E-state index is 13.4. The molecule has 0 bridgehead atoms. The van der Waals surface area contributed by atoms with Crippen molar-refractivity contribution in [1.82, 2.24) is 15.3 Å². The van der Waals surface area contributed by atoms with E-state index in [9.17, 15) is 22.8 Å². The molecular weight excluding hydrogens is 531 g/mol. The summed E-state index contributed by atoms with van der Waals surface area (Å²) in [5.41, 5.74) is 4.11. The van der Waals surface area contributed by atoms with Crippen LogP contribution in [0, 0.1) is 5.82 Å². The topological polar surface area (TPSA) is 98.9 Å². The molecule has 4 N–H and O–H groups in total. The standard InChI is InChI=1S/C31H28F3N5O2/c32-20-9-7-18(8-10-20)22(16-24(33)34)29(40)38-25-15-19(11-14-35-25)27-28(36-21-5-2-1-3-6-21)26-23(37-27)17-31(12-4-13-31)39-30(26)41/h1-3,5-11,14-15,22,24,36-37H,4,12-13,16-17H2,(H,39,41)(H,35,38,40). The highest BCUT2D eigenvalue weighted by Gasteiger charge is 2.44. The summed E-state index contributed by atoms with van der Waals surface area (Å²) >= 11 is 0. The molecule has 1 aliphatic carbocycles. The Balaban J connectivity index is 1.34. The third kappa shape index (κ3) is 5.41. The first-order valence-corrected chi connectivity index (χ1v) is 13.5. The molecule has 1 atom stereocenters. The predicted octanol–water partition coefficient (Wildman–Crippen LogP) is 6.55. The molecule has 0 radical (unpaired) electrons. The van der Waals surface area contributed by atoms with E-state index in [0.29, 0.717) is 28.9 Å². The van der Waals surface area contributed by atoms with Crippen molar-refractivity contribution in [2.24, 2.45) is 0 Å². The number of aromatic nitrogens is 2. The molecule has 2 aromatic heterocycles. The van der Waals surface area contributed by atoms with Gasteiger partial charge in [-0.3, -0.25) is 9.59 Å². The zero-order chi connectivity index (χ0) is 28.6. The lowest BCUT2D eigenvalue weighted by Gasteiger charge is -2.45. The zero-order valence-corrected chi connectivity index (χ0v) is 22.0. The highest BCUT2D eigenvalue weighted by atomic mass is 19.3. The smallest absolute Gasteiger partial charge is 0.255 e. The van der Waals surface area contributed by atoms with Gasteiger partial charge in [0.15, 0.2) is 0 Å². The number of anilines is 3. The summed E-state index contributed by atoms with van der Waals surface area (Å²) in [5, 5.41) is 9.24. The summed E-state index contributed by atoms with van der Waals surface area (Å²) in [6.07, 6.45) is 1.64. The minimum absolute atomic E-state index is 0.149. The second-order valence-electron chi connectivity index (χ2n) is 10.6. The summed E-state index contributed by atoms with van der Waals surface area (Å²) < 4.78 is 40.2.